The van der Waals surface area contributed by atoms with Gasteiger partial charge >= 0.3 is 17.9 Å². The summed E-state index contributed by atoms with van der Waals surface area (Å²) < 4.78 is 17.0. The molecule has 1 atom stereocenters. The van der Waals surface area contributed by atoms with Crippen LogP contribution in [0.2, 0.25) is 0 Å². The molecule has 0 bridgehead atoms. The van der Waals surface area contributed by atoms with Crippen molar-refractivity contribution in [3.8, 4) is 0 Å². The van der Waals surface area contributed by atoms with E-state index in [0.29, 0.717) is 19.3 Å². The molecule has 6 nitrogen and oxygen atoms in total. The second-order valence-electron chi connectivity index (χ2n) is 24.9. The Balaban J connectivity index is 4.08. The lowest BCUT2D eigenvalue weighted by molar-refractivity contribution is -0.167. The SMILES string of the molecule is CCCCCCCCCCCCCCCCCCCCCCCCCCCCCCCCCC(=O)OCC(COC(=O)CCCCCCCCCCCCCCCC)OC(=O)CCCCCCCCCCCCCCCCC. The maximum atomic E-state index is 12.9. The monoisotopic (exact) mass is 1100 g/mol. The van der Waals surface area contributed by atoms with Crippen LogP contribution in [0.15, 0.2) is 0 Å². The molecule has 0 rings (SSSR count). The van der Waals surface area contributed by atoms with Crippen LogP contribution >= 0.6 is 0 Å². The predicted octanol–water partition coefficient (Wildman–Crippen LogP) is 24.6. The number of ether oxygens (including phenoxy) is 3. The molecule has 0 amide bonds. The lowest BCUT2D eigenvalue weighted by Gasteiger charge is -2.18. The summed E-state index contributed by atoms with van der Waals surface area (Å²) in [6, 6.07) is 0. The van der Waals surface area contributed by atoms with Gasteiger partial charge in [0, 0.05) is 19.3 Å². The van der Waals surface area contributed by atoms with Crippen molar-refractivity contribution in [3.63, 3.8) is 0 Å². The summed E-state index contributed by atoms with van der Waals surface area (Å²) in [5.74, 6) is -0.822. The summed E-state index contributed by atoms with van der Waals surface area (Å²) in [6.07, 6.45) is 80.1. The van der Waals surface area contributed by atoms with Crippen LogP contribution < -0.4 is 0 Å². The summed E-state index contributed by atoms with van der Waals surface area (Å²) in [4.78, 5) is 38.4. The molecule has 78 heavy (non-hydrogen) atoms. The summed E-state index contributed by atoms with van der Waals surface area (Å²) in [6.45, 7) is 6.74. The van der Waals surface area contributed by atoms with Gasteiger partial charge in [0.15, 0.2) is 6.10 Å². The first-order valence-electron chi connectivity index (χ1n) is 36.0. The largest absolute Gasteiger partial charge is 0.462 e. The van der Waals surface area contributed by atoms with Crippen LogP contribution in [0, 0.1) is 0 Å². The molecule has 0 N–H and O–H groups in total. The second kappa shape index (κ2) is 67.9. The Morgan fingerprint density at radius 2 is 0.346 bits per heavy atom. The summed E-state index contributed by atoms with van der Waals surface area (Å²) in [5, 5.41) is 0. The highest BCUT2D eigenvalue weighted by atomic mass is 16.6. The van der Waals surface area contributed by atoms with Gasteiger partial charge in [0.05, 0.1) is 0 Å². The van der Waals surface area contributed by atoms with E-state index in [-0.39, 0.29) is 31.1 Å². The van der Waals surface area contributed by atoms with Gasteiger partial charge in [-0.3, -0.25) is 14.4 Å². The second-order valence-corrected chi connectivity index (χ2v) is 24.9. The van der Waals surface area contributed by atoms with E-state index in [4.69, 9.17) is 14.2 Å². The third-order valence-electron chi connectivity index (χ3n) is 16.9. The molecule has 0 aromatic carbocycles. The zero-order chi connectivity index (χ0) is 56.4. The summed E-state index contributed by atoms with van der Waals surface area (Å²) in [5.41, 5.74) is 0. The Kier molecular flexibility index (Phi) is 66.5. The molecule has 0 spiro atoms. The van der Waals surface area contributed by atoms with Crippen molar-refractivity contribution in [2.45, 2.75) is 431 Å². The van der Waals surface area contributed by atoms with E-state index in [0.717, 1.165) is 57.8 Å². The van der Waals surface area contributed by atoms with Crippen molar-refractivity contribution in [3.05, 3.63) is 0 Å². The van der Waals surface area contributed by atoms with Gasteiger partial charge in [0.2, 0.25) is 0 Å². The molecular weight excluding hydrogens is 961 g/mol. The van der Waals surface area contributed by atoms with Gasteiger partial charge in [-0.25, -0.2) is 0 Å². The lowest BCUT2D eigenvalue weighted by atomic mass is 10.0. The number of hydrogen-bond donors (Lipinski definition) is 0. The number of carbonyl (C=O) groups is 3. The lowest BCUT2D eigenvalue weighted by Crippen LogP contribution is -2.30. The average Bonchev–Trinajstić information content (AvgIpc) is 3.44. The van der Waals surface area contributed by atoms with Crippen LogP contribution in [0.25, 0.3) is 0 Å². The van der Waals surface area contributed by atoms with Gasteiger partial charge in [-0.15, -0.1) is 0 Å². The third kappa shape index (κ3) is 65.2. The van der Waals surface area contributed by atoms with E-state index in [1.54, 1.807) is 0 Å². The molecule has 0 aliphatic rings. The smallest absolute Gasteiger partial charge is 0.306 e. The number of esters is 3. The van der Waals surface area contributed by atoms with E-state index >= 15 is 0 Å². The molecule has 0 saturated carbocycles. The van der Waals surface area contributed by atoms with Crippen LogP contribution in [0.4, 0.5) is 0 Å². The predicted molar refractivity (Wildman–Crippen MR) is 340 cm³/mol. The van der Waals surface area contributed by atoms with Crippen molar-refractivity contribution in [1.29, 1.82) is 0 Å². The number of carbonyl (C=O) groups excluding carboxylic acids is 3. The van der Waals surface area contributed by atoms with Crippen molar-refractivity contribution < 1.29 is 28.6 Å². The molecule has 0 aliphatic heterocycles. The zero-order valence-corrected chi connectivity index (χ0v) is 53.5. The molecule has 6 heteroatoms. The van der Waals surface area contributed by atoms with Gasteiger partial charge in [-0.1, -0.05) is 387 Å². The molecule has 0 fully saturated rings. The van der Waals surface area contributed by atoms with E-state index in [1.165, 1.54) is 327 Å². The van der Waals surface area contributed by atoms with E-state index < -0.39 is 6.10 Å². The molecular formula is C72H140O6. The van der Waals surface area contributed by atoms with Crippen molar-refractivity contribution in [2.75, 3.05) is 13.2 Å². The van der Waals surface area contributed by atoms with E-state index in [9.17, 15) is 14.4 Å². The first-order chi connectivity index (χ1) is 38.5. The molecule has 464 valence electrons. The van der Waals surface area contributed by atoms with Gasteiger partial charge < -0.3 is 14.2 Å². The third-order valence-corrected chi connectivity index (χ3v) is 16.9. The Hall–Kier alpha value is -1.59. The van der Waals surface area contributed by atoms with Crippen molar-refractivity contribution in [1.82, 2.24) is 0 Å². The fraction of sp³-hybridized carbons (Fsp3) is 0.958. The quantitative estimate of drug-likeness (QED) is 0.0343. The van der Waals surface area contributed by atoms with Gasteiger partial charge in [-0.2, -0.15) is 0 Å². The molecule has 0 radical (unpaired) electrons. The fourth-order valence-corrected chi connectivity index (χ4v) is 11.5. The molecule has 0 heterocycles. The minimum atomic E-state index is -0.763. The fourth-order valence-electron chi connectivity index (χ4n) is 11.5. The standard InChI is InChI=1S/C72H140O6/c1-4-7-10-13-16-19-22-25-28-29-30-31-32-33-34-35-36-37-38-39-40-41-42-43-45-47-50-53-56-59-62-65-71(74)77-68-69(67-76-70(73)64-61-58-55-52-49-46-27-24-21-18-15-12-9-6-3)78-72(75)66-63-60-57-54-51-48-44-26-23-20-17-14-11-8-5-2/h69H,4-68H2,1-3H3. The summed E-state index contributed by atoms with van der Waals surface area (Å²) in [7, 11) is 0. The van der Waals surface area contributed by atoms with Crippen LogP contribution in [-0.4, -0.2) is 37.2 Å². The topological polar surface area (TPSA) is 78.9 Å². The van der Waals surface area contributed by atoms with Gasteiger partial charge in [0.25, 0.3) is 0 Å². The van der Waals surface area contributed by atoms with E-state index in [2.05, 4.69) is 20.8 Å². The van der Waals surface area contributed by atoms with Gasteiger partial charge in [0.1, 0.15) is 13.2 Å². The number of unbranched alkanes of at least 4 members (excludes halogenated alkanes) is 57. The maximum Gasteiger partial charge on any atom is 0.306 e. The Labute approximate surface area is 488 Å². The average molecular weight is 1100 g/mol. The Bertz CT molecular complexity index is 1170. The van der Waals surface area contributed by atoms with Gasteiger partial charge in [-0.05, 0) is 19.3 Å². The molecule has 0 saturated heterocycles. The van der Waals surface area contributed by atoms with Crippen LogP contribution in [0.1, 0.15) is 425 Å². The highest BCUT2D eigenvalue weighted by Gasteiger charge is 2.20. The highest BCUT2D eigenvalue weighted by Crippen LogP contribution is 2.20. The molecule has 0 aromatic heterocycles. The van der Waals surface area contributed by atoms with E-state index in [1.807, 2.05) is 0 Å². The Morgan fingerprint density at radius 1 is 0.205 bits per heavy atom. The maximum absolute atomic E-state index is 12.9. The minimum absolute atomic E-state index is 0.0603. The van der Waals surface area contributed by atoms with Crippen LogP contribution in [0.5, 0.6) is 0 Å². The van der Waals surface area contributed by atoms with Crippen molar-refractivity contribution >= 4 is 17.9 Å². The molecule has 1 unspecified atom stereocenters. The Morgan fingerprint density at radius 3 is 0.513 bits per heavy atom. The number of hydrogen-bond acceptors (Lipinski definition) is 6. The van der Waals surface area contributed by atoms with Crippen LogP contribution in [0.3, 0.4) is 0 Å². The molecule has 0 aliphatic carbocycles. The summed E-state index contributed by atoms with van der Waals surface area (Å²) >= 11 is 0. The highest BCUT2D eigenvalue weighted by molar-refractivity contribution is 5.71. The zero-order valence-electron chi connectivity index (χ0n) is 53.5. The number of rotatable bonds is 68. The van der Waals surface area contributed by atoms with Crippen LogP contribution in [-0.2, 0) is 28.6 Å². The van der Waals surface area contributed by atoms with Crippen molar-refractivity contribution in [2.24, 2.45) is 0 Å². The first kappa shape index (κ1) is 76.4. The minimum Gasteiger partial charge on any atom is -0.462 e. The molecule has 0 aromatic rings. The first-order valence-corrected chi connectivity index (χ1v) is 36.0. The normalized spacial score (nSPS) is 11.9.